The van der Waals surface area contributed by atoms with Crippen molar-refractivity contribution in [2.45, 2.75) is 19.5 Å². The number of nitrogens with two attached hydrogens (primary N) is 1. The number of likely N-dealkylation sites (N-methyl/N-ethyl adjacent to an activating group) is 1. The van der Waals surface area contributed by atoms with E-state index in [0.717, 1.165) is 15.5 Å². The van der Waals surface area contributed by atoms with Crippen LogP contribution >= 0.6 is 11.6 Å². The minimum Gasteiger partial charge on any atom is -0.365 e. The van der Waals surface area contributed by atoms with E-state index in [9.17, 15) is 4.79 Å². The van der Waals surface area contributed by atoms with E-state index in [1.54, 1.807) is 0 Å². The first-order valence-electron chi connectivity index (χ1n) is 4.87. The molecule has 0 aliphatic carbocycles. The third kappa shape index (κ3) is 3.22. The number of primary amides is 1. The van der Waals surface area contributed by atoms with E-state index in [1.807, 2.05) is 38.2 Å². The summed E-state index contributed by atoms with van der Waals surface area (Å²) >= 11 is 6.02. The van der Waals surface area contributed by atoms with Gasteiger partial charge in [0.1, 0.15) is 6.54 Å². The third-order valence-corrected chi connectivity index (χ3v) is 2.96. The Kier molecular flexibility index (Phi) is 4.12. The van der Waals surface area contributed by atoms with Crippen molar-refractivity contribution in [2.75, 3.05) is 7.05 Å². The van der Waals surface area contributed by atoms with E-state index in [2.05, 4.69) is 0 Å². The summed E-state index contributed by atoms with van der Waals surface area (Å²) in [5, 5.41) is 0.730. The molecule has 0 aliphatic heterocycles. The molecule has 0 fully saturated rings. The lowest BCUT2D eigenvalue weighted by molar-refractivity contribution is -0.908. The van der Waals surface area contributed by atoms with Gasteiger partial charge in [0, 0.05) is 10.6 Å². The van der Waals surface area contributed by atoms with Crippen LogP contribution in [0.2, 0.25) is 5.02 Å². The van der Waals surface area contributed by atoms with Crippen molar-refractivity contribution >= 4 is 17.5 Å². The number of nitrogens with one attached hydrogen (secondary N) is 1. The van der Waals surface area contributed by atoms with Crippen LogP contribution in [0.1, 0.15) is 12.5 Å². The van der Waals surface area contributed by atoms with Gasteiger partial charge in [-0.05, 0) is 13.0 Å². The summed E-state index contributed by atoms with van der Waals surface area (Å²) in [6, 6.07) is 7.42. The fourth-order valence-corrected chi connectivity index (χ4v) is 1.54. The highest BCUT2D eigenvalue weighted by Crippen LogP contribution is 2.13. The predicted octanol–water partition coefficient (Wildman–Crippen LogP) is 0.229. The van der Waals surface area contributed by atoms with E-state index >= 15 is 0 Å². The molecule has 3 N–H and O–H groups in total. The van der Waals surface area contributed by atoms with Gasteiger partial charge in [-0.1, -0.05) is 29.8 Å². The number of hydrogen-bond donors (Lipinski definition) is 2. The largest absolute Gasteiger partial charge is 0.365 e. The molecule has 1 aromatic rings. The lowest BCUT2D eigenvalue weighted by Gasteiger charge is -2.19. The SMILES string of the molecule is C[C@@H](C(N)=O)[NH+](C)Cc1ccccc1Cl. The standard InChI is InChI=1S/C11H15ClN2O/c1-8(11(13)15)14(2)7-9-5-3-4-6-10(9)12/h3-6,8H,7H2,1-2H3,(H2,13,15)/p+1/t8-/m0/s1. The number of rotatable bonds is 4. The van der Waals surface area contributed by atoms with Crippen molar-refractivity contribution in [3.63, 3.8) is 0 Å². The molecule has 2 atom stereocenters. The average molecular weight is 228 g/mol. The second-order valence-corrected chi connectivity index (χ2v) is 4.15. The number of quaternary nitrogens is 1. The molecule has 1 amide bonds. The van der Waals surface area contributed by atoms with E-state index in [1.165, 1.54) is 0 Å². The summed E-state index contributed by atoms with van der Waals surface area (Å²) in [5.41, 5.74) is 6.27. The van der Waals surface area contributed by atoms with Crippen molar-refractivity contribution in [2.24, 2.45) is 5.73 Å². The lowest BCUT2D eigenvalue weighted by atomic mass is 10.2. The van der Waals surface area contributed by atoms with Gasteiger partial charge in [-0.2, -0.15) is 0 Å². The predicted molar refractivity (Wildman–Crippen MR) is 60.7 cm³/mol. The quantitative estimate of drug-likeness (QED) is 0.760. The number of carbonyl (C=O) groups is 1. The molecule has 1 unspecified atom stereocenters. The molecule has 0 aromatic heterocycles. The van der Waals surface area contributed by atoms with E-state index in [0.29, 0.717) is 6.54 Å². The van der Waals surface area contributed by atoms with Gasteiger partial charge in [0.15, 0.2) is 6.04 Å². The maximum atomic E-state index is 11.0. The summed E-state index contributed by atoms with van der Waals surface area (Å²) in [5.74, 6) is -0.292. The van der Waals surface area contributed by atoms with Crippen molar-refractivity contribution in [3.8, 4) is 0 Å². The van der Waals surface area contributed by atoms with Gasteiger partial charge in [0.05, 0.1) is 7.05 Å². The molecule has 0 bridgehead atoms. The van der Waals surface area contributed by atoms with Gasteiger partial charge in [-0.15, -0.1) is 0 Å². The molecule has 0 heterocycles. The van der Waals surface area contributed by atoms with E-state index in [-0.39, 0.29) is 11.9 Å². The van der Waals surface area contributed by atoms with Gasteiger partial charge < -0.3 is 10.6 Å². The number of carbonyl (C=O) groups excluding carboxylic acids is 1. The third-order valence-electron chi connectivity index (χ3n) is 2.59. The van der Waals surface area contributed by atoms with E-state index in [4.69, 9.17) is 17.3 Å². The Morgan fingerprint density at radius 3 is 2.67 bits per heavy atom. The zero-order chi connectivity index (χ0) is 11.4. The molecule has 0 radical (unpaired) electrons. The lowest BCUT2D eigenvalue weighted by Crippen LogP contribution is -3.12. The van der Waals surface area contributed by atoms with Crippen molar-refractivity contribution in [3.05, 3.63) is 34.9 Å². The van der Waals surface area contributed by atoms with Crippen LogP contribution in [0.4, 0.5) is 0 Å². The molecule has 1 aromatic carbocycles. The van der Waals surface area contributed by atoms with Crippen LogP contribution in [0.5, 0.6) is 0 Å². The highest BCUT2D eigenvalue weighted by atomic mass is 35.5. The first-order valence-corrected chi connectivity index (χ1v) is 5.25. The molecule has 82 valence electrons. The van der Waals surface area contributed by atoms with Gasteiger partial charge in [-0.3, -0.25) is 4.79 Å². The summed E-state index contributed by atoms with van der Waals surface area (Å²) in [4.78, 5) is 12.0. The molecule has 1 rings (SSSR count). The number of hydrogen-bond acceptors (Lipinski definition) is 1. The van der Waals surface area contributed by atoms with Crippen LogP contribution in [-0.4, -0.2) is 19.0 Å². The molecule has 15 heavy (non-hydrogen) atoms. The maximum Gasteiger partial charge on any atom is 0.275 e. The van der Waals surface area contributed by atoms with Crippen LogP contribution in [0, 0.1) is 0 Å². The molecule has 0 saturated carbocycles. The Hall–Kier alpha value is -1.06. The van der Waals surface area contributed by atoms with Gasteiger partial charge in [0.25, 0.3) is 5.91 Å². The van der Waals surface area contributed by atoms with Crippen molar-refractivity contribution in [1.82, 2.24) is 0 Å². The minimum atomic E-state index is -0.292. The number of amides is 1. The zero-order valence-electron chi connectivity index (χ0n) is 8.96. The fraction of sp³-hybridized carbons (Fsp3) is 0.364. The molecular weight excluding hydrogens is 212 g/mol. The summed E-state index contributed by atoms with van der Waals surface area (Å²) < 4.78 is 0. The molecule has 0 spiro atoms. The minimum absolute atomic E-state index is 0.207. The first-order chi connectivity index (χ1) is 7.02. The Morgan fingerprint density at radius 2 is 2.13 bits per heavy atom. The van der Waals surface area contributed by atoms with Crippen LogP contribution in [0.15, 0.2) is 24.3 Å². The summed E-state index contributed by atoms with van der Waals surface area (Å²) in [6.07, 6.45) is 0. The Bertz CT molecular complexity index is 354. The van der Waals surface area contributed by atoms with Crippen LogP contribution in [0.25, 0.3) is 0 Å². The van der Waals surface area contributed by atoms with Gasteiger partial charge in [-0.25, -0.2) is 0 Å². The van der Waals surface area contributed by atoms with Gasteiger partial charge in [0.2, 0.25) is 0 Å². The van der Waals surface area contributed by atoms with Gasteiger partial charge >= 0.3 is 0 Å². The van der Waals surface area contributed by atoms with Crippen molar-refractivity contribution < 1.29 is 9.69 Å². The monoisotopic (exact) mass is 227 g/mol. The van der Waals surface area contributed by atoms with Crippen LogP contribution in [-0.2, 0) is 11.3 Å². The molecule has 0 saturated heterocycles. The van der Waals surface area contributed by atoms with Crippen molar-refractivity contribution in [1.29, 1.82) is 0 Å². The van der Waals surface area contributed by atoms with E-state index < -0.39 is 0 Å². The average Bonchev–Trinajstić information content (AvgIpc) is 2.20. The Labute approximate surface area is 94.8 Å². The zero-order valence-corrected chi connectivity index (χ0v) is 9.71. The number of benzene rings is 1. The second-order valence-electron chi connectivity index (χ2n) is 3.74. The Morgan fingerprint density at radius 1 is 1.53 bits per heavy atom. The highest BCUT2D eigenvalue weighted by molar-refractivity contribution is 6.31. The second kappa shape index (κ2) is 5.14. The summed E-state index contributed by atoms with van der Waals surface area (Å²) in [6.45, 7) is 2.51. The topological polar surface area (TPSA) is 47.5 Å². The molecule has 0 aliphatic rings. The summed E-state index contributed by atoms with van der Waals surface area (Å²) in [7, 11) is 1.93. The smallest absolute Gasteiger partial charge is 0.275 e. The highest BCUT2D eigenvalue weighted by Gasteiger charge is 2.19. The normalized spacial score (nSPS) is 14.6. The fourth-order valence-electron chi connectivity index (χ4n) is 1.34. The Balaban J connectivity index is 2.70. The first kappa shape index (κ1) is 12.0. The molecular formula is C11H16ClN2O+. The number of halogens is 1. The molecule has 4 heteroatoms. The maximum absolute atomic E-state index is 11.0. The molecule has 3 nitrogen and oxygen atoms in total. The van der Waals surface area contributed by atoms with Crippen LogP contribution < -0.4 is 10.6 Å². The van der Waals surface area contributed by atoms with Crippen LogP contribution in [0.3, 0.4) is 0 Å².